The molecule has 0 saturated heterocycles. The maximum absolute atomic E-state index is 13.6. The molecule has 0 aliphatic rings. The summed E-state index contributed by atoms with van der Waals surface area (Å²) in [5.41, 5.74) is 6.25. The number of nitrogens with one attached hydrogen (secondary N) is 3. The van der Waals surface area contributed by atoms with Gasteiger partial charge in [0.25, 0.3) is 21.8 Å². The Bertz CT molecular complexity index is 1790. The summed E-state index contributed by atoms with van der Waals surface area (Å²) in [4.78, 5) is 25.7. The maximum atomic E-state index is 13.6. The standard InChI is InChI=1S/C32H33F3N6O4S/c1-21-12-14-22(15-13-21)27-20-28(32(33,34)35)39-41(27)24-16-18-25(19-17-24)46(44,45)40-31(43)26(10-6-3-7-11-29(36)37)38-30(42)23-8-4-2-5-9-23/h2,4-5,8-9,12-20,26H,3,6-7,10-11H2,1H3,(H3,36,37)(H,38,42)(H,40,43)/t26-/m0/s1. The van der Waals surface area contributed by atoms with E-state index in [4.69, 9.17) is 11.1 Å². The molecule has 46 heavy (non-hydrogen) atoms. The van der Waals surface area contributed by atoms with E-state index >= 15 is 0 Å². The fourth-order valence-electron chi connectivity index (χ4n) is 4.62. The number of unbranched alkanes of at least 4 members (excludes halogenated alkanes) is 2. The first-order valence-electron chi connectivity index (χ1n) is 14.3. The van der Waals surface area contributed by atoms with Gasteiger partial charge in [0.2, 0.25) is 0 Å². The number of rotatable bonds is 13. The molecule has 242 valence electrons. The lowest BCUT2D eigenvalue weighted by Crippen LogP contribution is -2.48. The van der Waals surface area contributed by atoms with E-state index in [-0.39, 0.29) is 34.1 Å². The number of aryl methyl sites for hydroxylation is 1. The Balaban J connectivity index is 1.54. The highest BCUT2D eigenvalue weighted by atomic mass is 32.2. The summed E-state index contributed by atoms with van der Waals surface area (Å²) < 4.78 is 70.2. The van der Waals surface area contributed by atoms with Gasteiger partial charge in [-0.2, -0.15) is 18.3 Å². The summed E-state index contributed by atoms with van der Waals surface area (Å²) >= 11 is 0. The quantitative estimate of drug-likeness (QED) is 0.0863. The Labute approximate surface area is 264 Å². The zero-order valence-corrected chi connectivity index (χ0v) is 25.7. The van der Waals surface area contributed by atoms with E-state index in [0.29, 0.717) is 31.2 Å². The molecule has 0 aliphatic heterocycles. The summed E-state index contributed by atoms with van der Waals surface area (Å²) in [6.07, 6.45) is -2.58. The average Bonchev–Trinajstić information content (AvgIpc) is 3.47. The van der Waals surface area contributed by atoms with Gasteiger partial charge in [-0.25, -0.2) is 17.8 Å². The van der Waals surface area contributed by atoms with Crippen molar-refractivity contribution >= 4 is 27.7 Å². The molecule has 5 N–H and O–H groups in total. The second-order valence-electron chi connectivity index (χ2n) is 10.7. The molecule has 1 heterocycles. The number of carbonyl (C=O) groups is 2. The smallest absolute Gasteiger partial charge is 0.388 e. The number of halogens is 3. The number of nitrogens with two attached hydrogens (primary N) is 1. The van der Waals surface area contributed by atoms with Crippen LogP contribution in [0.3, 0.4) is 0 Å². The molecule has 0 saturated carbocycles. The lowest BCUT2D eigenvalue weighted by Gasteiger charge is -2.19. The van der Waals surface area contributed by atoms with Crippen molar-refractivity contribution in [2.45, 2.75) is 56.1 Å². The first kappa shape index (κ1) is 33.9. The van der Waals surface area contributed by atoms with Crippen LogP contribution in [0.1, 0.15) is 53.7 Å². The lowest BCUT2D eigenvalue weighted by molar-refractivity contribution is -0.141. The topological polar surface area (TPSA) is 160 Å². The highest BCUT2D eigenvalue weighted by Gasteiger charge is 2.35. The average molecular weight is 655 g/mol. The molecule has 0 radical (unpaired) electrons. The number of benzene rings is 3. The van der Waals surface area contributed by atoms with E-state index in [1.54, 1.807) is 54.6 Å². The first-order valence-corrected chi connectivity index (χ1v) is 15.8. The largest absolute Gasteiger partial charge is 0.435 e. The number of hydrogen-bond acceptors (Lipinski definition) is 6. The van der Waals surface area contributed by atoms with E-state index in [2.05, 4.69) is 10.4 Å². The minimum Gasteiger partial charge on any atom is -0.388 e. The SMILES string of the molecule is Cc1ccc(-c2cc(C(F)(F)F)nn2-c2ccc(S(=O)(=O)NC(=O)[C@H](CCCCCC(=N)N)NC(=O)c3ccccc3)cc2)cc1. The van der Waals surface area contributed by atoms with E-state index in [0.717, 1.165) is 28.4 Å². The third kappa shape index (κ3) is 8.81. The number of carbonyl (C=O) groups excluding carboxylic acids is 2. The molecule has 0 fully saturated rings. The lowest BCUT2D eigenvalue weighted by atomic mass is 10.1. The van der Waals surface area contributed by atoms with Crippen molar-refractivity contribution in [3.05, 3.63) is 102 Å². The van der Waals surface area contributed by atoms with Gasteiger partial charge in [0.05, 0.1) is 22.1 Å². The molecule has 2 amide bonds. The van der Waals surface area contributed by atoms with Crippen molar-refractivity contribution in [3.8, 4) is 16.9 Å². The first-order chi connectivity index (χ1) is 21.7. The molecule has 3 aromatic carbocycles. The summed E-state index contributed by atoms with van der Waals surface area (Å²) in [7, 11) is -4.44. The fourth-order valence-corrected chi connectivity index (χ4v) is 5.64. The highest BCUT2D eigenvalue weighted by molar-refractivity contribution is 7.90. The van der Waals surface area contributed by atoms with Crippen molar-refractivity contribution < 1.29 is 31.2 Å². The third-order valence-electron chi connectivity index (χ3n) is 7.07. The molecular weight excluding hydrogens is 621 g/mol. The van der Waals surface area contributed by atoms with Gasteiger partial charge >= 0.3 is 6.18 Å². The van der Waals surface area contributed by atoms with Crippen LogP contribution < -0.4 is 15.8 Å². The van der Waals surface area contributed by atoms with Gasteiger partial charge < -0.3 is 11.1 Å². The van der Waals surface area contributed by atoms with Crippen LogP contribution in [0.15, 0.2) is 89.8 Å². The van der Waals surface area contributed by atoms with Crippen LogP contribution in [0.4, 0.5) is 13.2 Å². The highest BCUT2D eigenvalue weighted by Crippen LogP contribution is 2.33. The van der Waals surface area contributed by atoms with Crippen LogP contribution in [0, 0.1) is 12.3 Å². The number of amides is 2. The Hall–Kier alpha value is -4.98. The van der Waals surface area contributed by atoms with Gasteiger partial charge in [-0.15, -0.1) is 0 Å². The minimum atomic E-state index is -4.71. The van der Waals surface area contributed by atoms with Crippen LogP contribution >= 0.6 is 0 Å². The summed E-state index contributed by atoms with van der Waals surface area (Å²) in [5.74, 6) is -1.49. The number of sulfonamides is 1. The predicted octanol–water partition coefficient (Wildman–Crippen LogP) is 5.36. The molecule has 10 nitrogen and oxygen atoms in total. The maximum Gasteiger partial charge on any atom is 0.435 e. The normalized spacial score (nSPS) is 12.3. The van der Waals surface area contributed by atoms with Crippen LogP contribution in [0.5, 0.6) is 0 Å². The van der Waals surface area contributed by atoms with Crippen molar-refractivity contribution in [2.75, 3.05) is 0 Å². The Morgan fingerprint density at radius 2 is 1.61 bits per heavy atom. The predicted molar refractivity (Wildman–Crippen MR) is 167 cm³/mol. The summed E-state index contributed by atoms with van der Waals surface area (Å²) in [6, 6.07) is 19.5. The van der Waals surface area contributed by atoms with E-state index in [1.807, 2.05) is 11.6 Å². The molecule has 4 rings (SSSR count). The van der Waals surface area contributed by atoms with Crippen molar-refractivity contribution in [2.24, 2.45) is 5.73 Å². The summed E-state index contributed by atoms with van der Waals surface area (Å²) in [5, 5.41) is 13.7. The molecular formula is C32H33F3N6O4S. The van der Waals surface area contributed by atoms with Crippen molar-refractivity contribution in [1.82, 2.24) is 19.8 Å². The van der Waals surface area contributed by atoms with Crippen molar-refractivity contribution in [3.63, 3.8) is 0 Å². The van der Waals surface area contributed by atoms with Crippen LogP contribution in [0.2, 0.25) is 0 Å². The number of amidine groups is 1. The molecule has 4 aromatic rings. The fraction of sp³-hybridized carbons (Fsp3) is 0.250. The Kier molecular flexibility index (Phi) is 10.6. The third-order valence-corrected chi connectivity index (χ3v) is 8.43. The number of alkyl halides is 3. The van der Waals surface area contributed by atoms with Gasteiger partial charge in [-0.05, 0) is 62.2 Å². The Morgan fingerprint density at radius 1 is 0.957 bits per heavy atom. The van der Waals surface area contributed by atoms with E-state index in [9.17, 15) is 31.2 Å². The van der Waals surface area contributed by atoms with Gasteiger partial charge in [0, 0.05) is 17.5 Å². The van der Waals surface area contributed by atoms with Crippen LogP contribution in [0.25, 0.3) is 16.9 Å². The molecule has 1 atom stereocenters. The second kappa shape index (κ2) is 14.4. The van der Waals surface area contributed by atoms with Gasteiger partial charge in [0.1, 0.15) is 6.04 Å². The number of nitrogens with zero attached hydrogens (tertiary/aromatic N) is 2. The molecule has 0 spiro atoms. The molecule has 0 aliphatic carbocycles. The monoisotopic (exact) mass is 654 g/mol. The van der Waals surface area contributed by atoms with Gasteiger partial charge in [-0.1, -0.05) is 60.9 Å². The van der Waals surface area contributed by atoms with Gasteiger partial charge in [-0.3, -0.25) is 15.0 Å². The van der Waals surface area contributed by atoms with Gasteiger partial charge in [0.15, 0.2) is 5.69 Å². The zero-order valence-electron chi connectivity index (χ0n) is 24.8. The molecule has 0 unspecified atom stereocenters. The van der Waals surface area contributed by atoms with Crippen LogP contribution in [-0.2, 0) is 21.0 Å². The minimum absolute atomic E-state index is 0.0310. The van der Waals surface area contributed by atoms with E-state index < -0.39 is 39.7 Å². The number of aromatic nitrogens is 2. The number of hydrogen-bond donors (Lipinski definition) is 4. The Morgan fingerprint density at radius 3 is 2.22 bits per heavy atom. The molecule has 1 aromatic heterocycles. The molecule has 0 bridgehead atoms. The second-order valence-corrected chi connectivity index (χ2v) is 12.4. The molecule has 14 heteroatoms. The summed E-state index contributed by atoms with van der Waals surface area (Å²) in [6.45, 7) is 1.84. The van der Waals surface area contributed by atoms with E-state index in [1.165, 1.54) is 12.1 Å². The van der Waals surface area contributed by atoms with Crippen LogP contribution in [-0.4, -0.2) is 41.9 Å². The zero-order chi connectivity index (χ0) is 33.5. The van der Waals surface area contributed by atoms with Crippen molar-refractivity contribution in [1.29, 1.82) is 5.41 Å².